The van der Waals surface area contributed by atoms with E-state index in [0.29, 0.717) is 12.3 Å². The molecule has 26 heavy (non-hydrogen) atoms. The number of hydrogen-bond donors (Lipinski definition) is 3. The lowest BCUT2D eigenvalue weighted by atomic mass is 10.1. The normalized spacial score (nSPS) is 10.5. The summed E-state index contributed by atoms with van der Waals surface area (Å²) in [7, 11) is 0. The number of ether oxygens (including phenoxy) is 1. The molecule has 3 aromatic rings. The summed E-state index contributed by atoms with van der Waals surface area (Å²) in [6, 6.07) is 13.4. The molecule has 0 atom stereocenters. The van der Waals surface area contributed by atoms with Crippen LogP contribution in [0.1, 0.15) is 13.3 Å². The second kappa shape index (κ2) is 8.15. The first-order valence-corrected chi connectivity index (χ1v) is 8.40. The van der Waals surface area contributed by atoms with Crippen molar-refractivity contribution >= 4 is 28.7 Å². The van der Waals surface area contributed by atoms with Crippen molar-refractivity contribution in [3.8, 4) is 11.3 Å². The number of rotatable bonds is 6. The third kappa shape index (κ3) is 4.38. The van der Waals surface area contributed by atoms with Crippen LogP contribution in [0.5, 0.6) is 0 Å². The van der Waals surface area contributed by atoms with Gasteiger partial charge in [0.1, 0.15) is 5.65 Å². The average molecular weight is 352 g/mol. The number of urea groups is 1. The lowest BCUT2D eigenvalue weighted by Crippen LogP contribution is -2.30. The minimum atomic E-state index is -0.394. The highest BCUT2D eigenvalue weighted by atomic mass is 16.5. The number of amides is 2. The van der Waals surface area contributed by atoms with Crippen LogP contribution in [-0.2, 0) is 9.53 Å². The summed E-state index contributed by atoms with van der Waals surface area (Å²) in [6.07, 6.45) is 1.72. The Kier molecular flexibility index (Phi) is 5.48. The lowest BCUT2D eigenvalue weighted by molar-refractivity contribution is -0.142. The van der Waals surface area contributed by atoms with Crippen molar-refractivity contribution in [2.45, 2.75) is 13.3 Å². The Morgan fingerprint density at radius 1 is 1.19 bits per heavy atom. The molecule has 0 unspecified atom stereocenters. The van der Waals surface area contributed by atoms with Gasteiger partial charge in [0.05, 0.1) is 24.9 Å². The Morgan fingerprint density at radius 2 is 2.00 bits per heavy atom. The minimum Gasteiger partial charge on any atom is -0.466 e. The highest BCUT2D eigenvalue weighted by Crippen LogP contribution is 2.24. The van der Waals surface area contributed by atoms with Crippen molar-refractivity contribution in [1.29, 1.82) is 0 Å². The molecule has 7 heteroatoms. The van der Waals surface area contributed by atoms with Crippen LogP contribution in [0, 0.1) is 0 Å². The Morgan fingerprint density at radius 3 is 2.77 bits per heavy atom. The van der Waals surface area contributed by atoms with Gasteiger partial charge in [0.15, 0.2) is 0 Å². The van der Waals surface area contributed by atoms with Crippen LogP contribution in [0.4, 0.5) is 10.5 Å². The van der Waals surface area contributed by atoms with Crippen molar-refractivity contribution in [2.24, 2.45) is 0 Å². The van der Waals surface area contributed by atoms with Gasteiger partial charge in [0, 0.05) is 17.6 Å². The van der Waals surface area contributed by atoms with Gasteiger partial charge in [-0.2, -0.15) is 0 Å². The van der Waals surface area contributed by atoms with E-state index in [-0.39, 0.29) is 18.9 Å². The quantitative estimate of drug-likeness (QED) is 0.593. The number of carbonyl (C=O) groups is 2. The van der Waals surface area contributed by atoms with Crippen molar-refractivity contribution in [3.63, 3.8) is 0 Å². The van der Waals surface area contributed by atoms with Gasteiger partial charge >= 0.3 is 12.0 Å². The number of fused-ring (bicyclic) bond motifs is 1. The molecule has 0 fully saturated rings. The molecule has 0 saturated heterocycles. The van der Waals surface area contributed by atoms with E-state index < -0.39 is 6.03 Å². The topological polar surface area (TPSA) is 96.1 Å². The number of carbonyl (C=O) groups excluding carboxylic acids is 2. The second-order valence-corrected chi connectivity index (χ2v) is 5.65. The molecule has 3 N–H and O–H groups in total. The van der Waals surface area contributed by atoms with Crippen molar-refractivity contribution < 1.29 is 14.3 Å². The zero-order valence-electron chi connectivity index (χ0n) is 14.4. The summed E-state index contributed by atoms with van der Waals surface area (Å²) in [5.41, 5.74) is 3.35. The minimum absolute atomic E-state index is 0.136. The van der Waals surface area contributed by atoms with Gasteiger partial charge in [-0.05, 0) is 24.6 Å². The van der Waals surface area contributed by atoms with E-state index in [1.807, 2.05) is 42.5 Å². The van der Waals surface area contributed by atoms with Crippen LogP contribution in [0.25, 0.3) is 22.3 Å². The monoisotopic (exact) mass is 352 g/mol. The fourth-order valence-electron chi connectivity index (χ4n) is 2.54. The van der Waals surface area contributed by atoms with Crippen molar-refractivity contribution in [1.82, 2.24) is 15.3 Å². The number of aromatic nitrogens is 2. The summed E-state index contributed by atoms with van der Waals surface area (Å²) >= 11 is 0. The number of pyridine rings is 1. The third-order valence-corrected chi connectivity index (χ3v) is 3.73. The maximum absolute atomic E-state index is 11.9. The highest BCUT2D eigenvalue weighted by molar-refractivity contribution is 5.92. The fourth-order valence-corrected chi connectivity index (χ4v) is 2.54. The van der Waals surface area contributed by atoms with Gasteiger partial charge in [-0.25, -0.2) is 9.78 Å². The maximum atomic E-state index is 11.9. The summed E-state index contributed by atoms with van der Waals surface area (Å²) in [6.45, 7) is 2.28. The predicted octanol–water partition coefficient (Wildman–Crippen LogP) is 3.30. The van der Waals surface area contributed by atoms with Gasteiger partial charge in [-0.15, -0.1) is 0 Å². The van der Waals surface area contributed by atoms with Crippen LogP contribution < -0.4 is 10.6 Å². The molecule has 0 aliphatic carbocycles. The second-order valence-electron chi connectivity index (χ2n) is 5.65. The Hall–Kier alpha value is -3.35. The molecule has 0 spiro atoms. The van der Waals surface area contributed by atoms with E-state index >= 15 is 0 Å². The molecule has 2 aromatic heterocycles. The van der Waals surface area contributed by atoms with E-state index in [1.165, 1.54) is 0 Å². The number of aromatic amines is 1. The number of esters is 1. The van der Waals surface area contributed by atoms with Gasteiger partial charge in [-0.1, -0.05) is 30.3 Å². The molecule has 0 aliphatic rings. The zero-order chi connectivity index (χ0) is 18.4. The van der Waals surface area contributed by atoms with Crippen LogP contribution in [0.3, 0.4) is 0 Å². The summed E-state index contributed by atoms with van der Waals surface area (Å²) in [5, 5.41) is 6.22. The van der Waals surface area contributed by atoms with Gasteiger partial charge < -0.3 is 20.4 Å². The molecular weight excluding hydrogens is 332 g/mol. The Bertz CT molecular complexity index is 906. The highest BCUT2D eigenvalue weighted by Gasteiger charge is 2.08. The number of benzene rings is 1. The van der Waals surface area contributed by atoms with Gasteiger partial charge in [0.2, 0.25) is 0 Å². The summed E-state index contributed by atoms with van der Waals surface area (Å²) < 4.78 is 4.80. The van der Waals surface area contributed by atoms with Crippen molar-refractivity contribution in [3.05, 3.63) is 48.7 Å². The van der Waals surface area contributed by atoms with E-state index in [4.69, 9.17) is 4.74 Å². The first kappa shape index (κ1) is 17.5. The summed E-state index contributed by atoms with van der Waals surface area (Å²) in [5.74, 6) is -0.336. The zero-order valence-corrected chi connectivity index (χ0v) is 14.4. The van der Waals surface area contributed by atoms with E-state index in [0.717, 1.165) is 22.3 Å². The van der Waals surface area contributed by atoms with Crippen LogP contribution >= 0.6 is 0 Å². The SMILES string of the molecule is CCOC(=O)CCNC(=O)Nc1cnc2[nH]c(-c3ccccc3)cc2c1. The molecule has 3 rings (SSSR count). The molecule has 0 aliphatic heterocycles. The van der Waals surface area contributed by atoms with Gasteiger partial charge in [-0.3, -0.25) is 4.79 Å². The first-order chi connectivity index (χ1) is 12.7. The smallest absolute Gasteiger partial charge is 0.319 e. The number of H-pyrrole nitrogens is 1. The van der Waals surface area contributed by atoms with Crippen LogP contribution in [0.2, 0.25) is 0 Å². The third-order valence-electron chi connectivity index (χ3n) is 3.73. The Labute approximate surface area is 150 Å². The number of nitrogens with zero attached hydrogens (tertiary/aromatic N) is 1. The average Bonchev–Trinajstić information content (AvgIpc) is 3.06. The molecule has 1 aromatic carbocycles. The molecule has 7 nitrogen and oxygen atoms in total. The fraction of sp³-hybridized carbons (Fsp3) is 0.211. The number of nitrogens with one attached hydrogen (secondary N) is 3. The predicted molar refractivity (Wildman–Crippen MR) is 99.8 cm³/mol. The number of hydrogen-bond acceptors (Lipinski definition) is 4. The van der Waals surface area contributed by atoms with E-state index in [1.54, 1.807) is 13.1 Å². The molecule has 0 radical (unpaired) electrons. The maximum Gasteiger partial charge on any atom is 0.319 e. The van der Waals surface area contributed by atoms with E-state index in [9.17, 15) is 9.59 Å². The van der Waals surface area contributed by atoms with Gasteiger partial charge in [0.25, 0.3) is 0 Å². The first-order valence-electron chi connectivity index (χ1n) is 8.40. The Balaban J connectivity index is 1.62. The molecule has 134 valence electrons. The summed E-state index contributed by atoms with van der Waals surface area (Å²) in [4.78, 5) is 30.7. The van der Waals surface area contributed by atoms with Crippen molar-refractivity contribution in [2.75, 3.05) is 18.5 Å². The molecule has 0 bridgehead atoms. The lowest BCUT2D eigenvalue weighted by Gasteiger charge is -2.07. The molecule has 2 heterocycles. The standard InChI is InChI=1S/C19H20N4O3/c1-2-26-17(24)8-9-20-19(25)22-15-10-14-11-16(23-18(14)21-12-15)13-6-4-3-5-7-13/h3-7,10-12H,2,8-9H2,1H3,(H,21,23)(H2,20,22,25). The molecule has 2 amide bonds. The largest absolute Gasteiger partial charge is 0.466 e. The number of anilines is 1. The van der Waals surface area contributed by atoms with Crippen LogP contribution in [-0.4, -0.2) is 35.1 Å². The molecular formula is C19H20N4O3. The van der Waals surface area contributed by atoms with Crippen LogP contribution in [0.15, 0.2) is 48.7 Å². The van der Waals surface area contributed by atoms with E-state index in [2.05, 4.69) is 20.6 Å². The molecule has 0 saturated carbocycles.